The monoisotopic (exact) mass is 374 g/mol. The van der Waals surface area contributed by atoms with Crippen LogP contribution in [-0.2, 0) is 0 Å². The fourth-order valence-electron chi connectivity index (χ4n) is 3.80. The maximum absolute atomic E-state index is 13.0. The quantitative estimate of drug-likeness (QED) is 0.872. The fraction of sp³-hybridized carbons (Fsp3) is 0.421. The van der Waals surface area contributed by atoms with E-state index in [0.717, 1.165) is 18.5 Å². The molecule has 0 aliphatic carbocycles. The third-order valence-corrected chi connectivity index (χ3v) is 5.12. The molecular weight excluding hydrogens is 352 g/mol. The van der Waals surface area contributed by atoms with Crippen LogP contribution in [0.1, 0.15) is 35.4 Å². The smallest absolute Gasteiger partial charge is 0.278 e. The Labute approximate surface area is 158 Å². The number of amides is 1. The van der Waals surface area contributed by atoms with Gasteiger partial charge in [-0.2, -0.15) is 5.10 Å². The van der Waals surface area contributed by atoms with Gasteiger partial charge in [0, 0.05) is 36.9 Å². The van der Waals surface area contributed by atoms with E-state index in [4.69, 9.17) is 0 Å². The molecule has 0 radical (unpaired) electrons. The first-order valence-corrected chi connectivity index (χ1v) is 8.83. The highest BCUT2D eigenvalue weighted by Crippen LogP contribution is 2.21. The average Bonchev–Trinajstić information content (AvgIpc) is 2.94. The molecule has 0 spiro atoms. The van der Waals surface area contributed by atoms with Crippen molar-refractivity contribution in [2.45, 2.75) is 38.3 Å². The largest absolute Gasteiger partial charge is 0.336 e. The minimum absolute atomic E-state index is 0. The number of benzene rings is 1. The summed E-state index contributed by atoms with van der Waals surface area (Å²) in [6.07, 6.45) is 3.20. The minimum Gasteiger partial charge on any atom is -0.336 e. The molecule has 2 fully saturated rings. The van der Waals surface area contributed by atoms with Crippen LogP contribution in [0.15, 0.2) is 41.2 Å². The van der Waals surface area contributed by atoms with E-state index in [1.165, 1.54) is 12.5 Å². The molecule has 1 N–H and O–H groups in total. The zero-order valence-electron chi connectivity index (χ0n) is 14.7. The van der Waals surface area contributed by atoms with E-state index in [2.05, 4.69) is 10.4 Å². The summed E-state index contributed by atoms with van der Waals surface area (Å²) in [7, 11) is 0. The molecule has 2 unspecified atom stereocenters. The van der Waals surface area contributed by atoms with Crippen LogP contribution < -0.4 is 10.7 Å². The second-order valence-electron chi connectivity index (χ2n) is 6.92. The van der Waals surface area contributed by atoms with Gasteiger partial charge in [-0.3, -0.25) is 9.59 Å². The Hall–Kier alpha value is -2.18. The molecule has 0 saturated carbocycles. The first-order valence-electron chi connectivity index (χ1n) is 8.83. The number of carbonyl (C=O) groups excluding carboxylic acids is 1. The molecule has 2 aliphatic rings. The molecule has 1 aromatic carbocycles. The number of nitrogens with one attached hydrogen (secondary N) is 1. The Kier molecular flexibility index (Phi) is 5.44. The molecule has 138 valence electrons. The molecule has 3 heterocycles. The summed E-state index contributed by atoms with van der Waals surface area (Å²) >= 11 is 0. The highest BCUT2D eigenvalue weighted by atomic mass is 35.5. The lowest BCUT2D eigenvalue weighted by molar-refractivity contribution is 0.0738. The lowest BCUT2D eigenvalue weighted by Gasteiger charge is -2.24. The first kappa shape index (κ1) is 18.6. The number of halogens is 1. The summed E-state index contributed by atoms with van der Waals surface area (Å²) in [6.45, 7) is 3.15. The van der Waals surface area contributed by atoms with Crippen LogP contribution in [0.5, 0.6) is 0 Å². The number of aryl methyl sites for hydroxylation is 1. The van der Waals surface area contributed by atoms with E-state index >= 15 is 0 Å². The Morgan fingerprint density at radius 1 is 1.15 bits per heavy atom. The molecule has 2 saturated heterocycles. The maximum Gasteiger partial charge on any atom is 0.278 e. The lowest BCUT2D eigenvalue weighted by Crippen LogP contribution is -2.41. The van der Waals surface area contributed by atoms with Crippen LogP contribution in [0, 0.1) is 6.92 Å². The van der Waals surface area contributed by atoms with Gasteiger partial charge in [0.15, 0.2) is 5.69 Å². The number of aromatic nitrogens is 2. The van der Waals surface area contributed by atoms with Crippen molar-refractivity contribution in [1.82, 2.24) is 20.0 Å². The van der Waals surface area contributed by atoms with Crippen molar-refractivity contribution in [2.24, 2.45) is 0 Å². The van der Waals surface area contributed by atoms with Gasteiger partial charge in [-0.1, -0.05) is 18.2 Å². The Balaban J connectivity index is 0.00000196. The predicted octanol–water partition coefficient (Wildman–Crippen LogP) is 1.93. The topological polar surface area (TPSA) is 67.2 Å². The van der Waals surface area contributed by atoms with Crippen molar-refractivity contribution in [1.29, 1.82) is 0 Å². The second-order valence-corrected chi connectivity index (χ2v) is 6.92. The van der Waals surface area contributed by atoms with Gasteiger partial charge in [0.2, 0.25) is 5.43 Å². The molecule has 2 bridgehead atoms. The normalized spacial score (nSPS) is 21.8. The van der Waals surface area contributed by atoms with Crippen molar-refractivity contribution >= 4 is 18.3 Å². The van der Waals surface area contributed by atoms with Crippen LogP contribution in [0.4, 0.5) is 0 Å². The molecule has 7 heteroatoms. The summed E-state index contributed by atoms with van der Waals surface area (Å²) in [5.74, 6) is -0.260. The van der Waals surface area contributed by atoms with Crippen molar-refractivity contribution in [2.75, 3.05) is 13.1 Å². The SMILES string of the molecule is Cc1cc(=O)c(C(=O)N2CCC3CCC(C2)N3)nn1-c1ccccc1.Cl. The van der Waals surface area contributed by atoms with Gasteiger partial charge in [-0.15, -0.1) is 12.4 Å². The van der Waals surface area contributed by atoms with E-state index in [9.17, 15) is 9.59 Å². The third kappa shape index (κ3) is 3.52. The van der Waals surface area contributed by atoms with Crippen LogP contribution >= 0.6 is 12.4 Å². The molecule has 6 nitrogen and oxygen atoms in total. The highest BCUT2D eigenvalue weighted by molar-refractivity contribution is 5.92. The van der Waals surface area contributed by atoms with Gasteiger partial charge < -0.3 is 10.2 Å². The average molecular weight is 375 g/mol. The van der Waals surface area contributed by atoms with Gasteiger partial charge in [0.1, 0.15) is 0 Å². The molecule has 2 atom stereocenters. The van der Waals surface area contributed by atoms with E-state index in [0.29, 0.717) is 30.9 Å². The van der Waals surface area contributed by atoms with Crippen molar-refractivity contribution in [3.8, 4) is 5.69 Å². The van der Waals surface area contributed by atoms with E-state index in [1.54, 1.807) is 9.58 Å². The number of rotatable bonds is 2. The summed E-state index contributed by atoms with van der Waals surface area (Å²) in [5, 5.41) is 7.95. The summed E-state index contributed by atoms with van der Waals surface area (Å²) in [6, 6.07) is 11.9. The Bertz CT molecular complexity index is 852. The summed E-state index contributed by atoms with van der Waals surface area (Å²) < 4.78 is 1.66. The standard InChI is InChI=1S/C19H22N4O2.ClH/c1-13-11-17(24)18(21-23(13)16-5-3-2-4-6-16)19(25)22-10-9-14-7-8-15(12-22)20-14;/h2-6,11,14-15,20H,7-10,12H2,1H3;1H. The lowest BCUT2D eigenvalue weighted by atomic mass is 10.1. The van der Waals surface area contributed by atoms with E-state index < -0.39 is 0 Å². The van der Waals surface area contributed by atoms with Gasteiger partial charge in [-0.05, 0) is 38.3 Å². The van der Waals surface area contributed by atoms with Gasteiger partial charge in [-0.25, -0.2) is 4.68 Å². The Morgan fingerprint density at radius 3 is 2.65 bits per heavy atom. The highest BCUT2D eigenvalue weighted by Gasteiger charge is 2.32. The van der Waals surface area contributed by atoms with Gasteiger partial charge in [0.05, 0.1) is 5.69 Å². The van der Waals surface area contributed by atoms with Crippen LogP contribution in [0.2, 0.25) is 0 Å². The molecule has 2 aliphatic heterocycles. The molecule has 26 heavy (non-hydrogen) atoms. The zero-order valence-corrected chi connectivity index (χ0v) is 15.5. The first-order chi connectivity index (χ1) is 12.1. The minimum atomic E-state index is -0.308. The predicted molar refractivity (Wildman–Crippen MR) is 102 cm³/mol. The van der Waals surface area contributed by atoms with E-state index in [-0.39, 0.29) is 29.4 Å². The number of likely N-dealkylation sites (tertiary alicyclic amines) is 1. The van der Waals surface area contributed by atoms with E-state index in [1.807, 2.05) is 37.3 Å². The number of para-hydroxylation sites is 1. The van der Waals surface area contributed by atoms with Crippen LogP contribution in [0.25, 0.3) is 5.69 Å². The zero-order chi connectivity index (χ0) is 17.4. The summed E-state index contributed by atoms with van der Waals surface area (Å²) in [5.41, 5.74) is 1.25. The van der Waals surface area contributed by atoms with Crippen molar-refractivity contribution in [3.05, 3.63) is 58.0 Å². The van der Waals surface area contributed by atoms with Crippen molar-refractivity contribution in [3.63, 3.8) is 0 Å². The van der Waals surface area contributed by atoms with Crippen LogP contribution in [-0.4, -0.2) is 45.8 Å². The maximum atomic E-state index is 13.0. The molecule has 1 amide bonds. The van der Waals surface area contributed by atoms with Gasteiger partial charge in [0.25, 0.3) is 5.91 Å². The molecule has 1 aromatic heterocycles. The third-order valence-electron chi connectivity index (χ3n) is 5.12. The van der Waals surface area contributed by atoms with Crippen LogP contribution in [0.3, 0.4) is 0 Å². The number of carbonyl (C=O) groups is 1. The summed E-state index contributed by atoms with van der Waals surface area (Å²) in [4.78, 5) is 27.2. The fourth-order valence-corrected chi connectivity index (χ4v) is 3.80. The number of fused-ring (bicyclic) bond motifs is 2. The number of hydrogen-bond donors (Lipinski definition) is 1. The Morgan fingerprint density at radius 2 is 1.88 bits per heavy atom. The second kappa shape index (κ2) is 7.60. The number of hydrogen-bond acceptors (Lipinski definition) is 4. The molecule has 4 rings (SSSR count). The van der Waals surface area contributed by atoms with Crippen molar-refractivity contribution < 1.29 is 4.79 Å². The molecular formula is C19H23ClN4O2. The molecule has 2 aromatic rings. The van der Waals surface area contributed by atoms with Gasteiger partial charge >= 0.3 is 0 Å². The number of nitrogens with zero attached hydrogens (tertiary/aromatic N) is 3.